The zero-order chi connectivity index (χ0) is 23.1. The summed E-state index contributed by atoms with van der Waals surface area (Å²) in [6, 6.07) is 17.6. The van der Waals surface area contributed by atoms with E-state index < -0.39 is 5.91 Å². The molecule has 0 aliphatic heterocycles. The monoisotopic (exact) mass is 428 g/mol. The summed E-state index contributed by atoms with van der Waals surface area (Å²) in [4.78, 5) is 12.1. The third-order valence-electron chi connectivity index (χ3n) is 5.06. The number of amides is 1. The molecule has 0 fully saturated rings. The van der Waals surface area contributed by atoms with E-state index in [2.05, 4.69) is 19.2 Å². The molecule has 1 aromatic heterocycles. The molecular weight excluding hydrogens is 400 g/mol. The second-order valence-electron chi connectivity index (χ2n) is 7.97. The highest BCUT2D eigenvalue weighted by atomic mass is 16.5. The zero-order valence-electron chi connectivity index (χ0n) is 18.9. The van der Waals surface area contributed by atoms with Crippen LogP contribution in [0.5, 0.6) is 5.75 Å². The van der Waals surface area contributed by atoms with E-state index in [9.17, 15) is 10.1 Å². The van der Waals surface area contributed by atoms with Gasteiger partial charge in [-0.2, -0.15) is 10.4 Å². The quantitative estimate of drug-likeness (QED) is 0.408. The number of hydrogen-bond acceptors (Lipinski definition) is 4. The summed E-state index contributed by atoms with van der Waals surface area (Å²) in [6.45, 7) is 7.02. The third-order valence-corrected chi connectivity index (χ3v) is 5.06. The molecule has 32 heavy (non-hydrogen) atoms. The zero-order valence-corrected chi connectivity index (χ0v) is 18.9. The molecule has 3 aromatic rings. The number of rotatable bonds is 8. The number of carbonyl (C=O) groups is 1. The molecule has 0 saturated carbocycles. The fraction of sp³-hybridized carbons (Fsp3) is 0.269. The molecule has 0 radical (unpaired) electrons. The van der Waals surface area contributed by atoms with E-state index in [0.29, 0.717) is 23.8 Å². The maximum absolute atomic E-state index is 12.1. The van der Waals surface area contributed by atoms with Crippen molar-refractivity contribution >= 4 is 12.0 Å². The van der Waals surface area contributed by atoms with Crippen molar-refractivity contribution in [3.05, 3.63) is 71.4 Å². The first-order valence-electron chi connectivity index (χ1n) is 10.7. The summed E-state index contributed by atoms with van der Waals surface area (Å²) in [5, 5.41) is 16.7. The summed E-state index contributed by atoms with van der Waals surface area (Å²) in [7, 11) is 1.50. The molecule has 164 valence electrons. The Labute approximate surface area is 189 Å². The Morgan fingerprint density at radius 1 is 1.25 bits per heavy atom. The molecule has 6 heteroatoms. The van der Waals surface area contributed by atoms with Gasteiger partial charge in [-0.3, -0.25) is 4.79 Å². The van der Waals surface area contributed by atoms with Gasteiger partial charge in [0.2, 0.25) is 0 Å². The van der Waals surface area contributed by atoms with Crippen LogP contribution in [-0.2, 0) is 4.79 Å². The number of nitriles is 1. The largest absolute Gasteiger partial charge is 0.493 e. The minimum atomic E-state index is -0.434. The topological polar surface area (TPSA) is 79.9 Å². The number of likely N-dealkylation sites (N-methyl/N-ethyl adjacent to an activating group) is 1. The smallest absolute Gasteiger partial charge is 0.261 e. The minimum Gasteiger partial charge on any atom is -0.493 e. The van der Waals surface area contributed by atoms with Gasteiger partial charge in [-0.15, -0.1) is 0 Å². The van der Waals surface area contributed by atoms with Crippen molar-refractivity contribution in [3.63, 3.8) is 0 Å². The summed E-state index contributed by atoms with van der Waals surface area (Å²) < 4.78 is 7.69. The average molecular weight is 429 g/mol. The number of aryl methyl sites for hydroxylation is 1. The molecule has 0 aliphatic carbocycles. The molecule has 3 rings (SSSR count). The van der Waals surface area contributed by atoms with Gasteiger partial charge < -0.3 is 10.1 Å². The lowest BCUT2D eigenvalue weighted by atomic mass is 10.0. The standard InChI is InChI=1S/C26H28N4O2/c1-18(2)12-13-32-24-11-10-20(14-19(24)3)25-22(15-21(16-27)26(31)28-4)17-30(29-25)23-8-6-5-7-9-23/h5-11,14-15,17-18H,12-13H2,1-4H3,(H,28,31). The SMILES string of the molecule is CNC(=O)C(C#N)=Cc1cn(-c2ccccc2)nc1-c1ccc(OCCC(C)C)c(C)c1. The highest BCUT2D eigenvalue weighted by Crippen LogP contribution is 2.30. The van der Waals surface area contributed by atoms with E-state index in [0.717, 1.165) is 29.0 Å². The summed E-state index contributed by atoms with van der Waals surface area (Å²) in [6.07, 6.45) is 4.39. The van der Waals surface area contributed by atoms with Gasteiger partial charge in [-0.25, -0.2) is 4.68 Å². The molecule has 0 unspecified atom stereocenters. The summed E-state index contributed by atoms with van der Waals surface area (Å²) >= 11 is 0. The van der Waals surface area contributed by atoms with E-state index >= 15 is 0 Å². The van der Waals surface area contributed by atoms with E-state index in [1.54, 1.807) is 10.8 Å². The predicted octanol–water partition coefficient (Wildman–Crippen LogP) is 4.93. The molecule has 1 heterocycles. The molecule has 0 atom stereocenters. The van der Waals surface area contributed by atoms with Crippen molar-refractivity contribution in [3.8, 4) is 28.8 Å². The Morgan fingerprint density at radius 2 is 2.00 bits per heavy atom. The van der Waals surface area contributed by atoms with Gasteiger partial charge >= 0.3 is 0 Å². The first-order chi connectivity index (χ1) is 15.4. The van der Waals surface area contributed by atoms with Gasteiger partial charge in [-0.1, -0.05) is 32.0 Å². The predicted molar refractivity (Wildman–Crippen MR) is 126 cm³/mol. The first-order valence-corrected chi connectivity index (χ1v) is 10.7. The molecule has 6 nitrogen and oxygen atoms in total. The van der Waals surface area contributed by atoms with E-state index in [1.165, 1.54) is 7.05 Å². The molecule has 0 bridgehead atoms. The van der Waals surface area contributed by atoms with E-state index in [4.69, 9.17) is 9.84 Å². The molecule has 1 amide bonds. The third kappa shape index (κ3) is 5.44. The second kappa shape index (κ2) is 10.5. The van der Waals surface area contributed by atoms with Crippen molar-refractivity contribution in [1.82, 2.24) is 15.1 Å². The average Bonchev–Trinajstić information content (AvgIpc) is 3.22. The summed E-state index contributed by atoms with van der Waals surface area (Å²) in [5.74, 6) is 0.994. The van der Waals surface area contributed by atoms with E-state index in [1.807, 2.05) is 67.7 Å². The van der Waals surface area contributed by atoms with Gasteiger partial charge in [0.25, 0.3) is 5.91 Å². The van der Waals surface area contributed by atoms with Crippen LogP contribution >= 0.6 is 0 Å². The van der Waals surface area contributed by atoms with Gasteiger partial charge in [0.1, 0.15) is 23.1 Å². The number of para-hydroxylation sites is 1. The van der Waals surface area contributed by atoms with Crippen molar-refractivity contribution in [1.29, 1.82) is 5.26 Å². The fourth-order valence-corrected chi connectivity index (χ4v) is 3.23. The maximum atomic E-state index is 12.1. The van der Waals surface area contributed by atoms with Gasteiger partial charge in [0, 0.05) is 24.4 Å². The van der Waals surface area contributed by atoms with Gasteiger partial charge in [0.05, 0.1) is 12.3 Å². The van der Waals surface area contributed by atoms with Crippen LogP contribution in [0.3, 0.4) is 0 Å². The van der Waals surface area contributed by atoms with Crippen LogP contribution < -0.4 is 10.1 Å². The van der Waals surface area contributed by atoms with Crippen LogP contribution in [0.15, 0.2) is 60.3 Å². The normalized spacial score (nSPS) is 11.3. The highest BCUT2D eigenvalue weighted by Gasteiger charge is 2.15. The van der Waals surface area contributed by atoms with Crippen LogP contribution in [0.1, 0.15) is 31.4 Å². The van der Waals surface area contributed by atoms with Gasteiger partial charge in [0.15, 0.2) is 0 Å². The first kappa shape index (κ1) is 22.8. The Bertz CT molecular complexity index is 1150. The number of carbonyl (C=O) groups excluding carboxylic acids is 1. The molecule has 0 spiro atoms. The number of ether oxygens (including phenoxy) is 1. The lowest BCUT2D eigenvalue weighted by Gasteiger charge is -2.11. The number of nitrogens with one attached hydrogen (secondary N) is 1. The van der Waals surface area contributed by atoms with Crippen molar-refractivity contribution < 1.29 is 9.53 Å². The molecule has 2 aromatic carbocycles. The number of hydrogen-bond donors (Lipinski definition) is 1. The fourth-order valence-electron chi connectivity index (χ4n) is 3.23. The van der Waals surface area contributed by atoms with Crippen LogP contribution in [0.2, 0.25) is 0 Å². The minimum absolute atomic E-state index is 0.0201. The second-order valence-corrected chi connectivity index (χ2v) is 7.97. The lowest BCUT2D eigenvalue weighted by Crippen LogP contribution is -2.19. The van der Waals surface area contributed by atoms with Gasteiger partial charge in [-0.05, 0) is 61.2 Å². The maximum Gasteiger partial charge on any atom is 0.261 e. The lowest BCUT2D eigenvalue weighted by molar-refractivity contribution is -0.116. The van der Waals surface area contributed by atoms with Crippen LogP contribution in [-0.4, -0.2) is 29.3 Å². The van der Waals surface area contributed by atoms with Crippen molar-refractivity contribution in [2.24, 2.45) is 5.92 Å². The Balaban J connectivity index is 2.03. The molecule has 0 saturated heterocycles. The van der Waals surface area contributed by atoms with Crippen molar-refractivity contribution in [2.45, 2.75) is 27.2 Å². The van der Waals surface area contributed by atoms with Crippen molar-refractivity contribution in [2.75, 3.05) is 13.7 Å². The number of benzene rings is 2. The van der Waals surface area contributed by atoms with E-state index in [-0.39, 0.29) is 5.57 Å². The summed E-state index contributed by atoms with van der Waals surface area (Å²) in [5.41, 5.74) is 4.16. The van der Waals surface area contributed by atoms with Crippen LogP contribution in [0.4, 0.5) is 0 Å². The Hall–Kier alpha value is -3.85. The number of nitrogens with zero attached hydrogens (tertiary/aromatic N) is 3. The highest BCUT2D eigenvalue weighted by molar-refractivity contribution is 6.02. The van der Waals surface area contributed by atoms with Crippen LogP contribution in [0.25, 0.3) is 23.0 Å². The number of aromatic nitrogens is 2. The molecular formula is C26H28N4O2. The molecule has 0 aliphatic rings. The molecule has 1 N–H and O–H groups in total. The van der Waals surface area contributed by atoms with Crippen LogP contribution in [0, 0.1) is 24.2 Å². The Morgan fingerprint density at radius 3 is 2.62 bits per heavy atom. The Kier molecular flexibility index (Phi) is 7.45.